The van der Waals surface area contributed by atoms with Crippen LogP contribution in [0.3, 0.4) is 0 Å². The van der Waals surface area contributed by atoms with Crippen LogP contribution in [0.5, 0.6) is 0 Å². The molecule has 0 unspecified atom stereocenters. The highest BCUT2D eigenvalue weighted by Gasteiger charge is 2.41. The van der Waals surface area contributed by atoms with E-state index in [1.165, 1.54) is 5.56 Å². The third kappa shape index (κ3) is 4.59. The third-order valence-electron chi connectivity index (χ3n) is 6.06. The van der Waals surface area contributed by atoms with Crippen molar-refractivity contribution in [2.45, 2.75) is 43.4 Å². The van der Waals surface area contributed by atoms with E-state index in [1.807, 2.05) is 18.2 Å². The van der Waals surface area contributed by atoms with E-state index in [2.05, 4.69) is 34.5 Å². The van der Waals surface area contributed by atoms with E-state index in [1.54, 1.807) is 12.1 Å². The van der Waals surface area contributed by atoms with Crippen LogP contribution in [-0.4, -0.2) is 47.3 Å². The number of nitrogens with zero attached hydrogens (tertiary/aromatic N) is 1. The van der Waals surface area contributed by atoms with E-state index < -0.39 is 11.6 Å². The lowest BCUT2D eigenvalue weighted by molar-refractivity contribution is 0.0543. The molecule has 0 amide bonds. The van der Waals surface area contributed by atoms with Crippen LogP contribution in [0.25, 0.3) is 0 Å². The number of carboxylic acid groups (broad SMARTS) is 1. The molecule has 4 rings (SSSR count). The molecule has 2 atom stereocenters. The fraction of sp³-hybridized carbons (Fsp3) is 0.435. The van der Waals surface area contributed by atoms with Gasteiger partial charge in [-0.25, -0.2) is 9.18 Å². The first-order chi connectivity index (χ1) is 13.5. The van der Waals surface area contributed by atoms with Gasteiger partial charge in [0, 0.05) is 38.1 Å². The Morgan fingerprint density at radius 1 is 1.11 bits per heavy atom. The second-order valence-electron chi connectivity index (χ2n) is 8.17. The van der Waals surface area contributed by atoms with Crippen molar-refractivity contribution in [3.8, 4) is 0 Å². The molecule has 1 saturated heterocycles. The van der Waals surface area contributed by atoms with Crippen molar-refractivity contribution in [1.82, 2.24) is 10.2 Å². The average molecular weight is 382 g/mol. The smallest absolute Gasteiger partial charge is 0.335 e. The highest BCUT2D eigenvalue weighted by molar-refractivity contribution is 5.87. The number of likely N-dealkylation sites (tertiary alicyclic amines) is 1. The Morgan fingerprint density at radius 3 is 2.43 bits per heavy atom. The lowest BCUT2D eigenvalue weighted by Gasteiger charge is -2.36. The molecule has 28 heavy (non-hydrogen) atoms. The summed E-state index contributed by atoms with van der Waals surface area (Å²) in [6.07, 6.45) is 2.17. The second-order valence-corrected chi connectivity index (χ2v) is 8.17. The number of hydrogen-bond donors (Lipinski definition) is 2. The van der Waals surface area contributed by atoms with Crippen LogP contribution in [0.1, 0.15) is 46.7 Å². The van der Waals surface area contributed by atoms with Crippen LogP contribution in [0, 0.1) is 0 Å². The predicted octanol–water partition coefficient (Wildman–Crippen LogP) is 3.83. The average Bonchev–Trinajstić information content (AvgIpc) is 3.50. The first-order valence-electron chi connectivity index (χ1n) is 10.0. The minimum Gasteiger partial charge on any atom is -0.478 e. The maximum atomic E-state index is 15.2. The molecular weight excluding hydrogens is 355 g/mol. The van der Waals surface area contributed by atoms with Crippen LogP contribution in [0.15, 0.2) is 54.6 Å². The summed E-state index contributed by atoms with van der Waals surface area (Å²) in [6.45, 7) is 2.63. The van der Waals surface area contributed by atoms with Crippen molar-refractivity contribution in [2.24, 2.45) is 0 Å². The van der Waals surface area contributed by atoms with Gasteiger partial charge in [-0.15, -0.1) is 0 Å². The zero-order valence-electron chi connectivity index (χ0n) is 16.0. The van der Waals surface area contributed by atoms with Crippen molar-refractivity contribution < 1.29 is 14.3 Å². The Hall–Kier alpha value is -2.24. The summed E-state index contributed by atoms with van der Waals surface area (Å²) in [5.74, 6) is -0.386. The molecule has 0 radical (unpaired) electrons. The lowest BCUT2D eigenvalue weighted by Crippen LogP contribution is -2.47. The zero-order valence-corrected chi connectivity index (χ0v) is 16.0. The van der Waals surface area contributed by atoms with Gasteiger partial charge in [0.05, 0.1) is 5.56 Å². The molecule has 1 aliphatic carbocycles. The van der Waals surface area contributed by atoms with Gasteiger partial charge in [-0.2, -0.15) is 0 Å². The summed E-state index contributed by atoms with van der Waals surface area (Å²) in [4.78, 5) is 13.2. The van der Waals surface area contributed by atoms with Crippen molar-refractivity contribution >= 4 is 5.97 Å². The lowest BCUT2D eigenvalue weighted by atomic mass is 9.92. The maximum absolute atomic E-state index is 15.2. The second kappa shape index (κ2) is 8.02. The zero-order chi connectivity index (χ0) is 19.6. The third-order valence-corrected chi connectivity index (χ3v) is 6.06. The summed E-state index contributed by atoms with van der Waals surface area (Å²) in [5, 5.41) is 12.4. The molecule has 2 aromatic rings. The quantitative estimate of drug-likeness (QED) is 0.764. The fourth-order valence-corrected chi connectivity index (χ4v) is 4.10. The van der Waals surface area contributed by atoms with Crippen LogP contribution in [-0.2, 0) is 6.54 Å². The Morgan fingerprint density at radius 2 is 1.79 bits per heavy atom. The van der Waals surface area contributed by atoms with Crippen molar-refractivity contribution in [2.75, 3.05) is 19.6 Å². The molecule has 1 aliphatic heterocycles. The first kappa shape index (κ1) is 19.1. The minimum absolute atomic E-state index is 0.296. The molecule has 5 heteroatoms. The molecule has 0 bridgehead atoms. The molecule has 2 aliphatic rings. The van der Waals surface area contributed by atoms with E-state index in [0.717, 1.165) is 31.6 Å². The van der Waals surface area contributed by atoms with Gasteiger partial charge < -0.3 is 10.4 Å². The summed E-state index contributed by atoms with van der Waals surface area (Å²) in [5.41, 5.74) is 1.58. The number of nitrogens with one attached hydrogen (secondary N) is 1. The van der Waals surface area contributed by atoms with Crippen LogP contribution in [0.4, 0.5) is 4.39 Å². The standard InChI is InChI=1S/C23H27FN2O2/c24-23(16-25-21-14-20(21)18-4-2-1-3-5-18)10-12-26(13-11-23)15-17-6-8-19(9-7-17)22(27)28/h1-9,20-21,25H,10-16H2,(H,27,28)/t20-,21+/m0/s1. The highest BCUT2D eigenvalue weighted by Crippen LogP contribution is 2.41. The molecule has 2 N–H and O–H groups in total. The highest BCUT2D eigenvalue weighted by atomic mass is 19.1. The molecule has 2 aromatic carbocycles. The van der Waals surface area contributed by atoms with Crippen LogP contribution in [0.2, 0.25) is 0 Å². The number of carboxylic acids is 1. The number of benzene rings is 2. The minimum atomic E-state index is -1.13. The first-order valence-corrected chi connectivity index (χ1v) is 10.0. The van der Waals surface area contributed by atoms with Gasteiger partial charge in [-0.3, -0.25) is 4.90 Å². The molecule has 2 fully saturated rings. The molecule has 0 spiro atoms. The molecule has 1 saturated carbocycles. The number of rotatable bonds is 7. The summed E-state index contributed by atoms with van der Waals surface area (Å²) < 4.78 is 15.2. The number of halogens is 1. The van der Waals surface area contributed by atoms with E-state index in [0.29, 0.717) is 36.9 Å². The topological polar surface area (TPSA) is 52.6 Å². The number of carbonyl (C=O) groups is 1. The number of hydrogen-bond acceptors (Lipinski definition) is 3. The molecule has 0 aromatic heterocycles. The number of piperidine rings is 1. The molecule has 148 valence electrons. The van der Waals surface area contributed by atoms with Crippen LogP contribution >= 0.6 is 0 Å². The number of aromatic carboxylic acids is 1. The molecule has 1 heterocycles. The fourth-order valence-electron chi connectivity index (χ4n) is 4.10. The summed E-state index contributed by atoms with van der Waals surface area (Å²) in [7, 11) is 0. The maximum Gasteiger partial charge on any atom is 0.335 e. The summed E-state index contributed by atoms with van der Waals surface area (Å²) >= 11 is 0. The Labute approximate surface area is 165 Å². The normalized spacial score (nSPS) is 24.0. The number of alkyl halides is 1. The van der Waals surface area contributed by atoms with E-state index in [9.17, 15) is 4.79 Å². The van der Waals surface area contributed by atoms with Gasteiger partial charge in [0.25, 0.3) is 0 Å². The van der Waals surface area contributed by atoms with Gasteiger partial charge in [-0.1, -0.05) is 42.5 Å². The Bertz CT molecular complexity index is 801. The van der Waals surface area contributed by atoms with Crippen molar-refractivity contribution in [3.63, 3.8) is 0 Å². The van der Waals surface area contributed by atoms with Gasteiger partial charge in [-0.05, 0) is 42.5 Å². The van der Waals surface area contributed by atoms with Crippen molar-refractivity contribution in [3.05, 3.63) is 71.3 Å². The van der Waals surface area contributed by atoms with E-state index in [4.69, 9.17) is 5.11 Å². The SMILES string of the molecule is O=C(O)c1ccc(CN2CCC(F)(CN[C@@H]3C[C@H]3c3ccccc3)CC2)cc1. The Balaban J connectivity index is 1.22. The Kier molecular flexibility index (Phi) is 5.47. The predicted molar refractivity (Wildman–Crippen MR) is 107 cm³/mol. The van der Waals surface area contributed by atoms with Gasteiger partial charge in [0.1, 0.15) is 5.67 Å². The molecule has 4 nitrogen and oxygen atoms in total. The van der Waals surface area contributed by atoms with E-state index in [-0.39, 0.29) is 0 Å². The monoisotopic (exact) mass is 382 g/mol. The van der Waals surface area contributed by atoms with Crippen molar-refractivity contribution in [1.29, 1.82) is 0 Å². The molecular formula is C23H27FN2O2. The summed E-state index contributed by atoms with van der Waals surface area (Å²) in [6, 6.07) is 17.8. The van der Waals surface area contributed by atoms with E-state index >= 15 is 4.39 Å². The van der Waals surface area contributed by atoms with Crippen LogP contribution < -0.4 is 5.32 Å². The van der Waals surface area contributed by atoms with Gasteiger partial charge >= 0.3 is 5.97 Å². The van der Waals surface area contributed by atoms with Gasteiger partial charge in [0.15, 0.2) is 0 Å². The van der Waals surface area contributed by atoms with Gasteiger partial charge in [0.2, 0.25) is 0 Å². The largest absolute Gasteiger partial charge is 0.478 e.